The molecule has 7 heteroatoms. The fraction of sp³-hybridized carbons (Fsp3) is 0.440. The standard InChI is InChI=1S/C25H33FN2O4/c1-18(2)16-27-25(30)19(3)28(17-20-7-9-21(26)10-8-20)24(29)6-5-15-32-23-13-11-22(31-4)12-14-23/h7-14,18-19H,5-6,15-17H2,1-4H3,(H,27,30)/t19-/m0/s1. The maximum Gasteiger partial charge on any atom is 0.242 e. The van der Waals surface area contributed by atoms with Crippen molar-refractivity contribution >= 4 is 11.8 Å². The second kappa shape index (κ2) is 12.7. The third kappa shape index (κ3) is 8.21. The number of hydrogen-bond acceptors (Lipinski definition) is 4. The van der Waals surface area contributed by atoms with Crippen LogP contribution in [0.25, 0.3) is 0 Å². The number of carbonyl (C=O) groups excluding carboxylic acids is 2. The molecule has 0 radical (unpaired) electrons. The van der Waals surface area contributed by atoms with Gasteiger partial charge in [0, 0.05) is 19.5 Å². The van der Waals surface area contributed by atoms with Crippen LogP contribution in [0, 0.1) is 11.7 Å². The molecule has 0 saturated carbocycles. The van der Waals surface area contributed by atoms with E-state index in [1.54, 1.807) is 26.2 Å². The van der Waals surface area contributed by atoms with E-state index in [9.17, 15) is 14.0 Å². The molecule has 0 bridgehead atoms. The SMILES string of the molecule is COc1ccc(OCCCC(=O)N(Cc2ccc(F)cc2)[C@@H](C)C(=O)NCC(C)C)cc1. The topological polar surface area (TPSA) is 67.9 Å². The van der Waals surface area contributed by atoms with Gasteiger partial charge in [-0.15, -0.1) is 0 Å². The Morgan fingerprint density at radius 3 is 2.22 bits per heavy atom. The molecule has 2 rings (SSSR count). The Balaban J connectivity index is 1.96. The van der Waals surface area contributed by atoms with E-state index in [0.29, 0.717) is 31.2 Å². The first-order valence-corrected chi connectivity index (χ1v) is 10.9. The van der Waals surface area contributed by atoms with Crippen LogP contribution in [0.15, 0.2) is 48.5 Å². The maximum atomic E-state index is 13.3. The van der Waals surface area contributed by atoms with Crippen molar-refractivity contribution in [1.29, 1.82) is 0 Å². The molecule has 0 heterocycles. The predicted molar refractivity (Wildman–Crippen MR) is 122 cm³/mol. The molecule has 6 nitrogen and oxygen atoms in total. The number of carbonyl (C=O) groups is 2. The van der Waals surface area contributed by atoms with Gasteiger partial charge in [0.25, 0.3) is 0 Å². The Bertz CT molecular complexity index is 853. The molecule has 0 aliphatic carbocycles. The summed E-state index contributed by atoms with van der Waals surface area (Å²) in [6.07, 6.45) is 0.740. The van der Waals surface area contributed by atoms with Crippen molar-refractivity contribution in [2.75, 3.05) is 20.3 Å². The van der Waals surface area contributed by atoms with E-state index in [-0.39, 0.29) is 30.6 Å². The van der Waals surface area contributed by atoms with Crippen LogP contribution in [-0.2, 0) is 16.1 Å². The molecule has 1 N–H and O–H groups in total. The van der Waals surface area contributed by atoms with Gasteiger partial charge in [0.2, 0.25) is 11.8 Å². The van der Waals surface area contributed by atoms with Crippen LogP contribution in [0.1, 0.15) is 39.2 Å². The van der Waals surface area contributed by atoms with E-state index in [1.165, 1.54) is 17.0 Å². The van der Waals surface area contributed by atoms with E-state index in [0.717, 1.165) is 11.3 Å². The summed E-state index contributed by atoms with van der Waals surface area (Å²) in [6.45, 7) is 6.87. The lowest BCUT2D eigenvalue weighted by atomic mass is 10.1. The van der Waals surface area contributed by atoms with Crippen molar-refractivity contribution < 1.29 is 23.5 Å². The summed E-state index contributed by atoms with van der Waals surface area (Å²) in [5.74, 6) is 1.05. The van der Waals surface area contributed by atoms with Crippen molar-refractivity contribution in [2.45, 2.75) is 46.2 Å². The van der Waals surface area contributed by atoms with Crippen LogP contribution in [0.4, 0.5) is 4.39 Å². The molecule has 1 atom stereocenters. The van der Waals surface area contributed by atoms with Crippen LogP contribution in [0.5, 0.6) is 11.5 Å². The average molecular weight is 445 g/mol. The Kier molecular flexibility index (Phi) is 9.98. The predicted octanol–water partition coefficient (Wildman–Crippen LogP) is 4.18. The Labute approximate surface area is 189 Å². The summed E-state index contributed by atoms with van der Waals surface area (Å²) < 4.78 is 24.1. The lowest BCUT2D eigenvalue weighted by Gasteiger charge is -2.29. The van der Waals surface area contributed by atoms with Crippen molar-refractivity contribution in [1.82, 2.24) is 10.2 Å². The van der Waals surface area contributed by atoms with Crippen LogP contribution >= 0.6 is 0 Å². The number of halogens is 1. The molecule has 0 aromatic heterocycles. The van der Waals surface area contributed by atoms with E-state index in [2.05, 4.69) is 5.32 Å². The molecule has 0 fully saturated rings. The Morgan fingerprint density at radius 1 is 1.00 bits per heavy atom. The van der Waals surface area contributed by atoms with E-state index in [1.807, 2.05) is 38.1 Å². The van der Waals surface area contributed by atoms with Gasteiger partial charge in [-0.3, -0.25) is 9.59 Å². The van der Waals surface area contributed by atoms with Crippen LogP contribution in [0.3, 0.4) is 0 Å². The number of methoxy groups -OCH3 is 1. The average Bonchev–Trinajstić information content (AvgIpc) is 2.79. The minimum Gasteiger partial charge on any atom is -0.497 e. The van der Waals surface area contributed by atoms with Gasteiger partial charge in [-0.1, -0.05) is 26.0 Å². The number of amides is 2. The highest BCUT2D eigenvalue weighted by Crippen LogP contribution is 2.18. The second-order valence-electron chi connectivity index (χ2n) is 8.09. The van der Waals surface area contributed by atoms with Crippen molar-refractivity contribution in [3.63, 3.8) is 0 Å². The molecule has 2 amide bonds. The molecule has 0 unspecified atom stereocenters. The number of ether oxygens (including phenoxy) is 2. The van der Waals surface area contributed by atoms with E-state index < -0.39 is 6.04 Å². The minimum absolute atomic E-state index is 0.153. The summed E-state index contributed by atoms with van der Waals surface area (Å²) in [7, 11) is 1.60. The van der Waals surface area contributed by atoms with Crippen molar-refractivity contribution in [3.8, 4) is 11.5 Å². The summed E-state index contributed by atoms with van der Waals surface area (Å²) in [5.41, 5.74) is 0.762. The molecule has 0 saturated heterocycles. The molecule has 2 aromatic rings. The van der Waals surface area contributed by atoms with Crippen molar-refractivity contribution in [2.24, 2.45) is 5.92 Å². The van der Waals surface area contributed by atoms with Crippen LogP contribution < -0.4 is 14.8 Å². The number of hydrogen-bond donors (Lipinski definition) is 1. The lowest BCUT2D eigenvalue weighted by molar-refractivity contribution is -0.140. The summed E-state index contributed by atoms with van der Waals surface area (Å²) in [4.78, 5) is 27.1. The van der Waals surface area contributed by atoms with Gasteiger partial charge >= 0.3 is 0 Å². The van der Waals surface area contributed by atoms with Gasteiger partial charge in [-0.05, 0) is 61.2 Å². The van der Waals surface area contributed by atoms with Crippen LogP contribution in [-0.4, -0.2) is 43.0 Å². The van der Waals surface area contributed by atoms with Gasteiger partial charge in [-0.25, -0.2) is 4.39 Å². The Hall–Kier alpha value is -3.09. The molecule has 0 aliphatic heterocycles. The normalized spacial score (nSPS) is 11.7. The third-order valence-electron chi connectivity index (χ3n) is 4.98. The van der Waals surface area contributed by atoms with Crippen LogP contribution in [0.2, 0.25) is 0 Å². The van der Waals surface area contributed by atoms with Crippen molar-refractivity contribution in [3.05, 3.63) is 59.9 Å². The quantitative estimate of drug-likeness (QED) is 0.499. The monoisotopic (exact) mass is 444 g/mol. The maximum absolute atomic E-state index is 13.3. The zero-order valence-electron chi connectivity index (χ0n) is 19.3. The first-order valence-electron chi connectivity index (χ1n) is 10.9. The zero-order valence-corrected chi connectivity index (χ0v) is 19.3. The fourth-order valence-corrected chi connectivity index (χ4v) is 3.05. The van der Waals surface area contributed by atoms with E-state index >= 15 is 0 Å². The summed E-state index contributed by atoms with van der Waals surface area (Å²) >= 11 is 0. The first kappa shape index (κ1) is 25.2. The largest absolute Gasteiger partial charge is 0.497 e. The number of nitrogens with zero attached hydrogens (tertiary/aromatic N) is 1. The van der Waals surface area contributed by atoms with Gasteiger partial charge in [-0.2, -0.15) is 0 Å². The van der Waals surface area contributed by atoms with Gasteiger partial charge < -0.3 is 19.7 Å². The van der Waals surface area contributed by atoms with E-state index in [4.69, 9.17) is 9.47 Å². The molecular formula is C25H33FN2O4. The molecule has 0 spiro atoms. The lowest BCUT2D eigenvalue weighted by Crippen LogP contribution is -2.48. The highest BCUT2D eigenvalue weighted by molar-refractivity contribution is 5.87. The first-order chi connectivity index (χ1) is 15.3. The smallest absolute Gasteiger partial charge is 0.242 e. The number of benzene rings is 2. The van der Waals surface area contributed by atoms with Gasteiger partial charge in [0.15, 0.2) is 0 Å². The molecule has 2 aromatic carbocycles. The fourth-order valence-electron chi connectivity index (χ4n) is 3.05. The minimum atomic E-state index is -0.645. The highest BCUT2D eigenvalue weighted by atomic mass is 19.1. The second-order valence-corrected chi connectivity index (χ2v) is 8.09. The summed E-state index contributed by atoms with van der Waals surface area (Å²) in [6, 6.07) is 12.5. The molecular weight excluding hydrogens is 411 g/mol. The highest BCUT2D eigenvalue weighted by Gasteiger charge is 2.25. The zero-order chi connectivity index (χ0) is 23.5. The molecule has 32 heavy (non-hydrogen) atoms. The molecule has 174 valence electrons. The van der Waals surface area contributed by atoms with Gasteiger partial charge in [0.1, 0.15) is 23.4 Å². The Morgan fingerprint density at radius 2 is 1.62 bits per heavy atom. The van der Waals surface area contributed by atoms with Gasteiger partial charge in [0.05, 0.1) is 13.7 Å². The molecule has 0 aliphatic rings. The third-order valence-corrected chi connectivity index (χ3v) is 4.98. The number of rotatable bonds is 12. The summed E-state index contributed by atoms with van der Waals surface area (Å²) in [5, 5.41) is 2.88. The number of nitrogens with one attached hydrogen (secondary N) is 1.